The van der Waals surface area contributed by atoms with Crippen LogP contribution in [0.5, 0.6) is 0 Å². The quantitative estimate of drug-likeness (QED) is 0.447. The largest absolute Gasteiger partial charge is 0.846 e. The van der Waals surface area contributed by atoms with Gasteiger partial charge in [-0.2, -0.15) is 0 Å². The third-order valence-corrected chi connectivity index (χ3v) is 6.90. The standard InChI is InChI=1S/C24H25BFN2/c1-12-8-19-17(6)27-23(21(19)10-14(12)3)16(5)24-22-11-15(4)13(2)9-20(22)18(7)28(24)25(27)26/h8-11H,1-7H3/q+1. The zero-order valence-corrected chi connectivity index (χ0v) is 17.7. The van der Waals surface area contributed by atoms with Crippen molar-refractivity contribution in [2.75, 3.05) is 0 Å². The Morgan fingerprint density at radius 1 is 0.750 bits per heavy atom. The summed E-state index contributed by atoms with van der Waals surface area (Å²) in [6.45, 7) is 14.7. The van der Waals surface area contributed by atoms with Crippen LogP contribution in [0.2, 0.25) is 0 Å². The topological polar surface area (TPSA) is 7.94 Å². The molecule has 0 bridgehead atoms. The number of aryl methyl sites for hydroxylation is 5. The maximum absolute atomic E-state index is 16.1. The van der Waals surface area contributed by atoms with Crippen LogP contribution in [0.3, 0.4) is 0 Å². The normalized spacial score (nSPS) is 15.5. The van der Waals surface area contributed by atoms with Gasteiger partial charge in [-0.15, -0.1) is 0 Å². The lowest BCUT2D eigenvalue weighted by Gasteiger charge is -2.18. The van der Waals surface area contributed by atoms with Gasteiger partial charge in [0, 0.05) is 29.0 Å². The van der Waals surface area contributed by atoms with Gasteiger partial charge in [0.1, 0.15) is 0 Å². The Bertz CT molecular complexity index is 1290. The smallest absolute Gasteiger partial charge is 0.289 e. The Labute approximate surface area is 166 Å². The minimum atomic E-state index is -1.23. The fourth-order valence-corrected chi connectivity index (χ4v) is 5.00. The van der Waals surface area contributed by atoms with Crippen LogP contribution in [0.25, 0.3) is 22.0 Å². The zero-order chi connectivity index (χ0) is 20.1. The molecule has 0 amide bonds. The summed E-state index contributed by atoms with van der Waals surface area (Å²) in [7, 11) is -1.23. The first-order valence-corrected chi connectivity index (χ1v) is 9.94. The molecule has 140 valence electrons. The predicted molar refractivity (Wildman–Crippen MR) is 117 cm³/mol. The molecular formula is C24H25BFN2+. The molecule has 0 spiro atoms. The van der Waals surface area contributed by atoms with E-state index in [1.165, 1.54) is 22.3 Å². The summed E-state index contributed by atoms with van der Waals surface area (Å²) in [5.74, 6) is 0. The van der Waals surface area contributed by atoms with E-state index in [4.69, 9.17) is 0 Å². The highest BCUT2D eigenvalue weighted by atomic mass is 19.1. The van der Waals surface area contributed by atoms with Gasteiger partial charge in [-0.05, 0) is 88.1 Å². The van der Waals surface area contributed by atoms with Crippen molar-refractivity contribution in [3.05, 3.63) is 69.0 Å². The maximum Gasteiger partial charge on any atom is 0.846 e. The van der Waals surface area contributed by atoms with E-state index in [1.807, 2.05) is 22.8 Å². The van der Waals surface area contributed by atoms with Crippen molar-refractivity contribution in [2.45, 2.75) is 48.5 Å². The molecule has 2 aliphatic rings. The fraction of sp³-hybridized carbons (Fsp3) is 0.292. The van der Waals surface area contributed by atoms with E-state index >= 15 is 4.32 Å². The first kappa shape index (κ1) is 17.5. The molecule has 28 heavy (non-hydrogen) atoms. The second-order valence-corrected chi connectivity index (χ2v) is 8.51. The van der Waals surface area contributed by atoms with Crippen LogP contribution in [-0.2, 0) is 0 Å². The molecule has 2 nitrogen and oxygen atoms in total. The van der Waals surface area contributed by atoms with Crippen LogP contribution >= 0.6 is 0 Å². The van der Waals surface area contributed by atoms with Gasteiger partial charge in [-0.25, -0.2) is 8.80 Å². The van der Waals surface area contributed by atoms with Crippen LogP contribution in [0.1, 0.15) is 58.6 Å². The molecule has 0 fully saturated rings. The van der Waals surface area contributed by atoms with Crippen LogP contribution in [0.4, 0.5) is 4.32 Å². The average molecular weight is 371 g/mol. The molecule has 4 heteroatoms. The summed E-state index contributed by atoms with van der Waals surface area (Å²) in [6.07, 6.45) is 0. The van der Waals surface area contributed by atoms with Crippen molar-refractivity contribution in [3.8, 4) is 0 Å². The molecule has 2 aliphatic heterocycles. The summed E-state index contributed by atoms with van der Waals surface area (Å²) in [5.41, 5.74) is 12.5. The number of fused-ring (bicyclic) bond motifs is 6. The van der Waals surface area contributed by atoms with Gasteiger partial charge in [0.25, 0.3) is 0 Å². The Hall–Kier alpha value is -2.62. The Kier molecular flexibility index (Phi) is 3.41. The number of nitrogens with zero attached hydrogens (tertiary/aromatic N) is 2. The van der Waals surface area contributed by atoms with Crippen LogP contribution in [0.15, 0.2) is 24.3 Å². The Morgan fingerprint density at radius 2 is 1.29 bits per heavy atom. The van der Waals surface area contributed by atoms with Gasteiger partial charge in [0.15, 0.2) is 11.4 Å². The van der Waals surface area contributed by atoms with Crippen molar-refractivity contribution in [1.82, 2.24) is 4.48 Å². The third kappa shape index (κ3) is 1.96. The van der Waals surface area contributed by atoms with Crippen molar-refractivity contribution >= 4 is 35.0 Å². The fourth-order valence-electron chi connectivity index (χ4n) is 5.00. The molecule has 0 aliphatic carbocycles. The summed E-state index contributed by atoms with van der Waals surface area (Å²) in [5, 5.41) is 2.31. The molecule has 5 rings (SSSR count). The number of halogens is 1. The first-order valence-electron chi connectivity index (χ1n) is 9.94. The predicted octanol–water partition coefficient (Wildman–Crippen LogP) is 5.72. The molecule has 1 aromatic heterocycles. The van der Waals surface area contributed by atoms with E-state index in [-0.39, 0.29) is 0 Å². The highest BCUT2D eigenvalue weighted by Crippen LogP contribution is 2.44. The lowest BCUT2D eigenvalue weighted by Crippen LogP contribution is -2.39. The molecule has 2 aromatic carbocycles. The van der Waals surface area contributed by atoms with E-state index in [9.17, 15) is 0 Å². The maximum atomic E-state index is 16.1. The van der Waals surface area contributed by atoms with Crippen molar-refractivity contribution < 1.29 is 8.80 Å². The molecule has 3 aromatic rings. The molecule has 0 unspecified atom stereocenters. The first-order chi connectivity index (χ1) is 13.2. The Balaban J connectivity index is 1.94. The minimum Gasteiger partial charge on any atom is -0.289 e. The summed E-state index contributed by atoms with van der Waals surface area (Å²) in [4.78, 5) is 0. The van der Waals surface area contributed by atoms with Crippen LogP contribution in [-0.4, -0.2) is 21.9 Å². The number of allylic oxidation sites excluding steroid dienone is 1. The lowest BCUT2D eigenvalue weighted by molar-refractivity contribution is -0.289. The number of hydrogen-bond donors (Lipinski definition) is 0. The molecular weight excluding hydrogens is 346 g/mol. The second kappa shape index (κ2) is 5.47. The third-order valence-electron chi connectivity index (χ3n) is 6.90. The van der Waals surface area contributed by atoms with Gasteiger partial charge in [0.05, 0.1) is 16.8 Å². The summed E-state index contributed by atoms with van der Waals surface area (Å²) in [6, 6.07) is 8.86. The van der Waals surface area contributed by atoms with E-state index < -0.39 is 7.26 Å². The van der Waals surface area contributed by atoms with Gasteiger partial charge in [-0.1, -0.05) is 0 Å². The zero-order valence-electron chi connectivity index (χ0n) is 17.7. The van der Waals surface area contributed by atoms with Crippen LogP contribution < -0.4 is 0 Å². The summed E-state index contributed by atoms with van der Waals surface area (Å²) >= 11 is 0. The molecule has 0 radical (unpaired) electrons. The number of benzene rings is 2. The number of aromatic nitrogens is 1. The molecule has 0 saturated carbocycles. The lowest BCUT2D eigenvalue weighted by atomic mass is 9.90. The molecule has 3 heterocycles. The van der Waals surface area contributed by atoms with Crippen molar-refractivity contribution in [1.29, 1.82) is 0 Å². The van der Waals surface area contributed by atoms with E-state index in [2.05, 4.69) is 58.9 Å². The minimum absolute atomic E-state index is 0.995. The van der Waals surface area contributed by atoms with Crippen LogP contribution in [0, 0.1) is 34.6 Å². The molecule has 0 saturated heterocycles. The second-order valence-electron chi connectivity index (χ2n) is 8.51. The van der Waals surface area contributed by atoms with Gasteiger partial charge in [-0.3, -0.25) is 4.48 Å². The van der Waals surface area contributed by atoms with Gasteiger partial charge < -0.3 is 0 Å². The highest BCUT2D eigenvalue weighted by molar-refractivity contribution is 6.46. The number of hydrogen-bond acceptors (Lipinski definition) is 0. The van der Waals surface area contributed by atoms with Crippen molar-refractivity contribution in [3.63, 3.8) is 0 Å². The summed E-state index contributed by atoms with van der Waals surface area (Å²) < 4.78 is 19.8. The Morgan fingerprint density at radius 3 is 1.93 bits per heavy atom. The molecule has 0 atom stereocenters. The molecule has 0 N–H and O–H groups in total. The van der Waals surface area contributed by atoms with E-state index in [0.717, 1.165) is 50.3 Å². The monoisotopic (exact) mass is 371 g/mol. The SMILES string of the molecule is CC1=C2c3cc(C)c(C)cc3C(C)=[N+]2B(F)n2c(C)c3cc(C)c(C)cc3c21. The van der Waals surface area contributed by atoms with E-state index in [1.54, 1.807) is 0 Å². The van der Waals surface area contributed by atoms with Gasteiger partial charge in [0.2, 0.25) is 0 Å². The van der Waals surface area contributed by atoms with E-state index in [0.29, 0.717) is 0 Å². The van der Waals surface area contributed by atoms with Gasteiger partial charge >= 0.3 is 7.26 Å². The highest BCUT2D eigenvalue weighted by Gasteiger charge is 2.52. The average Bonchev–Trinajstić information content (AvgIpc) is 3.08. The van der Waals surface area contributed by atoms with Crippen molar-refractivity contribution in [2.24, 2.45) is 0 Å². The number of rotatable bonds is 0.